The molecule has 0 radical (unpaired) electrons. The van der Waals surface area contributed by atoms with Crippen LogP contribution in [0.1, 0.15) is 18.4 Å². The Bertz CT molecular complexity index is 1720. The summed E-state index contributed by atoms with van der Waals surface area (Å²) in [5.74, 6) is -1.00. The minimum absolute atomic E-state index is 0.220. The first-order valence-corrected chi connectivity index (χ1v) is 14.3. The number of anilines is 1. The van der Waals surface area contributed by atoms with Crippen LogP contribution in [0, 0.1) is 5.82 Å². The topological polar surface area (TPSA) is 124 Å². The van der Waals surface area contributed by atoms with Crippen LogP contribution >= 0.6 is 11.3 Å². The van der Waals surface area contributed by atoms with E-state index in [4.69, 9.17) is 9.15 Å². The highest BCUT2D eigenvalue weighted by Gasteiger charge is 2.28. The Morgan fingerprint density at radius 2 is 2.05 bits per heavy atom. The third-order valence-electron chi connectivity index (χ3n) is 6.11. The van der Waals surface area contributed by atoms with Crippen molar-refractivity contribution >= 4 is 49.4 Å². The van der Waals surface area contributed by atoms with E-state index in [0.717, 1.165) is 21.4 Å². The SMILES string of the molecule is CCC(=Cc1sc2ccc(-c3ccco3)cc2[n+]1CC(=O)O)C=C1Oc2ccc(F)cc2N1CCS(=O)(=O)[O-]. The monoisotopic (exact) mass is 570 g/mol. The van der Waals surface area contributed by atoms with Gasteiger partial charge >= 0.3 is 5.97 Å². The van der Waals surface area contributed by atoms with Crippen molar-refractivity contribution in [3.8, 4) is 17.1 Å². The highest BCUT2D eigenvalue weighted by molar-refractivity contribution is 7.85. The van der Waals surface area contributed by atoms with Gasteiger partial charge in [0.2, 0.25) is 17.9 Å². The van der Waals surface area contributed by atoms with Gasteiger partial charge in [-0.15, -0.1) is 0 Å². The van der Waals surface area contributed by atoms with Gasteiger partial charge in [0.25, 0.3) is 5.01 Å². The molecule has 4 aromatic rings. The molecule has 39 heavy (non-hydrogen) atoms. The fourth-order valence-electron chi connectivity index (χ4n) is 4.28. The molecule has 9 nitrogen and oxygen atoms in total. The van der Waals surface area contributed by atoms with Crippen molar-refractivity contribution in [2.75, 3.05) is 17.2 Å². The van der Waals surface area contributed by atoms with Gasteiger partial charge in [0.15, 0.2) is 5.75 Å². The summed E-state index contributed by atoms with van der Waals surface area (Å²) in [5, 5.41) is 10.3. The van der Waals surface area contributed by atoms with E-state index in [1.165, 1.54) is 34.4 Å². The first-order chi connectivity index (χ1) is 18.6. The van der Waals surface area contributed by atoms with Crippen molar-refractivity contribution < 1.29 is 41.0 Å². The number of thiazole rings is 1. The molecule has 1 aliphatic heterocycles. The number of furan rings is 1. The van der Waals surface area contributed by atoms with E-state index in [-0.39, 0.29) is 19.0 Å². The van der Waals surface area contributed by atoms with Crippen LogP contribution < -0.4 is 14.2 Å². The molecule has 5 rings (SSSR count). The number of carbonyl (C=O) groups is 1. The quantitative estimate of drug-likeness (QED) is 0.226. The number of hydrogen-bond acceptors (Lipinski definition) is 8. The lowest BCUT2D eigenvalue weighted by Gasteiger charge is -2.19. The zero-order chi connectivity index (χ0) is 27.7. The first kappa shape index (κ1) is 26.6. The molecule has 0 saturated heterocycles. The zero-order valence-electron chi connectivity index (χ0n) is 20.7. The van der Waals surface area contributed by atoms with Crippen molar-refractivity contribution in [3.63, 3.8) is 0 Å². The molecule has 0 aliphatic carbocycles. The van der Waals surface area contributed by atoms with Crippen molar-refractivity contribution in [2.24, 2.45) is 0 Å². The number of hydrogen-bond donors (Lipinski definition) is 1. The molecule has 2 aromatic heterocycles. The second-order valence-electron chi connectivity index (χ2n) is 8.76. The second-order valence-corrected chi connectivity index (χ2v) is 11.3. The van der Waals surface area contributed by atoms with Crippen LogP contribution in [0.25, 0.3) is 27.6 Å². The van der Waals surface area contributed by atoms with Gasteiger partial charge in [-0.1, -0.05) is 18.3 Å². The fourth-order valence-corrected chi connectivity index (χ4v) is 5.81. The van der Waals surface area contributed by atoms with Crippen LogP contribution in [-0.2, 0) is 21.5 Å². The molecule has 12 heteroatoms. The molecule has 202 valence electrons. The summed E-state index contributed by atoms with van der Waals surface area (Å²) in [6.07, 6.45) is 5.60. The number of halogens is 1. The van der Waals surface area contributed by atoms with Crippen LogP contribution in [0.2, 0.25) is 0 Å². The van der Waals surface area contributed by atoms with E-state index in [9.17, 15) is 27.3 Å². The van der Waals surface area contributed by atoms with Crippen LogP contribution in [-0.4, -0.2) is 36.3 Å². The predicted octanol–water partition coefficient (Wildman–Crippen LogP) is 4.75. The van der Waals surface area contributed by atoms with E-state index in [2.05, 4.69) is 0 Å². The maximum absolute atomic E-state index is 14.0. The number of ether oxygens (including phenoxy) is 1. The van der Waals surface area contributed by atoms with E-state index in [0.29, 0.717) is 28.6 Å². The van der Waals surface area contributed by atoms with E-state index < -0.39 is 27.7 Å². The molecule has 1 N–H and O–H groups in total. The van der Waals surface area contributed by atoms with Crippen LogP contribution in [0.15, 0.2) is 76.7 Å². The van der Waals surface area contributed by atoms with Crippen molar-refractivity contribution in [3.05, 3.63) is 83.2 Å². The smallest absolute Gasteiger partial charge is 0.370 e. The summed E-state index contributed by atoms with van der Waals surface area (Å²) in [4.78, 5) is 13.2. The van der Waals surface area contributed by atoms with Crippen molar-refractivity contribution in [1.82, 2.24) is 0 Å². The normalized spacial score (nSPS) is 14.7. The van der Waals surface area contributed by atoms with E-state index in [1.807, 2.05) is 37.3 Å². The third-order valence-corrected chi connectivity index (χ3v) is 7.91. The Morgan fingerprint density at radius 3 is 2.74 bits per heavy atom. The fraction of sp³-hybridized carbons (Fsp3) is 0.185. The number of nitrogens with zero attached hydrogens (tertiary/aromatic N) is 2. The minimum Gasteiger partial charge on any atom is -0.748 e. The van der Waals surface area contributed by atoms with Gasteiger partial charge in [-0.05, 0) is 48.4 Å². The van der Waals surface area contributed by atoms with Gasteiger partial charge in [0, 0.05) is 36.4 Å². The number of aromatic nitrogens is 1. The van der Waals surface area contributed by atoms with Crippen LogP contribution in [0.3, 0.4) is 0 Å². The average Bonchev–Trinajstić information content (AvgIpc) is 3.60. The lowest BCUT2D eigenvalue weighted by Crippen LogP contribution is -2.39. The Morgan fingerprint density at radius 1 is 1.23 bits per heavy atom. The van der Waals surface area contributed by atoms with Gasteiger partial charge in [0.1, 0.15) is 16.3 Å². The number of aliphatic carboxylic acids is 1. The molecule has 0 unspecified atom stereocenters. The molecule has 0 amide bonds. The largest absolute Gasteiger partial charge is 0.748 e. The summed E-state index contributed by atoms with van der Waals surface area (Å²) in [6.45, 7) is 1.42. The standard InChI is InChI=1S/C27H23FN2O7S2/c1-2-17(12-25-29(9-11-39(33,34)35)20-15-19(28)6-7-23(20)37-25)13-26-30(16-27(31)32)21-14-18(5-8-24(21)38-26)22-4-3-10-36-22/h3-8,10,12-15H,2,9,11,16H2,1H3,(H-,31,32,33,34,35). The Hall–Kier alpha value is -4.00. The summed E-state index contributed by atoms with van der Waals surface area (Å²) < 4.78 is 61.9. The van der Waals surface area contributed by atoms with Gasteiger partial charge < -0.3 is 23.7 Å². The maximum Gasteiger partial charge on any atom is 0.370 e. The second kappa shape index (κ2) is 10.6. The molecule has 2 aromatic carbocycles. The number of rotatable bonds is 9. The van der Waals surface area contributed by atoms with Crippen LogP contribution in [0.5, 0.6) is 5.75 Å². The number of allylic oxidation sites excluding steroid dienone is 2. The number of carboxylic acid groups (broad SMARTS) is 1. The highest BCUT2D eigenvalue weighted by Crippen LogP contribution is 2.40. The van der Waals surface area contributed by atoms with Crippen molar-refractivity contribution in [1.29, 1.82) is 0 Å². The van der Waals surface area contributed by atoms with Crippen LogP contribution in [0.4, 0.5) is 10.1 Å². The molecular weight excluding hydrogens is 547 g/mol. The summed E-state index contributed by atoms with van der Waals surface area (Å²) in [7, 11) is -4.53. The predicted molar refractivity (Wildman–Crippen MR) is 143 cm³/mol. The molecule has 1 aliphatic rings. The minimum atomic E-state index is -4.53. The number of fused-ring (bicyclic) bond motifs is 2. The average molecular weight is 571 g/mol. The molecule has 0 atom stereocenters. The summed E-state index contributed by atoms with van der Waals surface area (Å²) in [5.41, 5.74) is 2.60. The lowest BCUT2D eigenvalue weighted by molar-refractivity contribution is -0.657. The zero-order valence-corrected chi connectivity index (χ0v) is 22.3. The Balaban J connectivity index is 1.57. The number of benzene rings is 2. The summed E-state index contributed by atoms with van der Waals surface area (Å²) >= 11 is 1.42. The molecule has 3 heterocycles. The van der Waals surface area contributed by atoms with Gasteiger partial charge in [-0.25, -0.2) is 17.6 Å². The van der Waals surface area contributed by atoms with E-state index >= 15 is 0 Å². The van der Waals surface area contributed by atoms with Crippen molar-refractivity contribution in [2.45, 2.75) is 19.9 Å². The van der Waals surface area contributed by atoms with Gasteiger partial charge in [-0.3, -0.25) is 0 Å². The van der Waals surface area contributed by atoms with E-state index in [1.54, 1.807) is 23.0 Å². The Labute approximate surface area is 227 Å². The Kier molecular flexibility index (Phi) is 7.25. The number of carboxylic acids is 1. The lowest BCUT2D eigenvalue weighted by atomic mass is 10.1. The molecular formula is C27H23FN2O7S2. The van der Waals surface area contributed by atoms with Gasteiger partial charge in [-0.2, -0.15) is 4.57 Å². The maximum atomic E-state index is 14.0. The third kappa shape index (κ3) is 5.87. The molecule has 0 bridgehead atoms. The van der Waals surface area contributed by atoms with Gasteiger partial charge in [0.05, 0.1) is 27.8 Å². The molecule has 0 saturated carbocycles. The molecule has 0 spiro atoms. The first-order valence-electron chi connectivity index (χ1n) is 11.9. The summed E-state index contributed by atoms with van der Waals surface area (Å²) in [6, 6.07) is 13.2. The molecule has 0 fully saturated rings. The highest BCUT2D eigenvalue weighted by atomic mass is 32.2.